The summed E-state index contributed by atoms with van der Waals surface area (Å²) in [7, 11) is 0. The third-order valence-electron chi connectivity index (χ3n) is 7.91. The van der Waals surface area contributed by atoms with E-state index in [-0.39, 0.29) is 23.8 Å². The molecule has 5 aromatic rings. The van der Waals surface area contributed by atoms with E-state index in [9.17, 15) is 19.7 Å². The van der Waals surface area contributed by atoms with Gasteiger partial charge in [0.2, 0.25) is 0 Å². The summed E-state index contributed by atoms with van der Waals surface area (Å²) in [6.45, 7) is 6.62. The zero-order chi connectivity index (χ0) is 35.2. The Hall–Kier alpha value is -6.01. The topological polar surface area (TPSA) is 134 Å². The van der Waals surface area contributed by atoms with Crippen LogP contribution in [0.1, 0.15) is 43.5 Å². The van der Waals surface area contributed by atoms with Gasteiger partial charge >= 0.3 is 0 Å². The highest BCUT2D eigenvalue weighted by Crippen LogP contribution is 2.33. The van der Waals surface area contributed by atoms with Crippen LogP contribution in [0.4, 0.5) is 11.4 Å². The van der Waals surface area contributed by atoms with Crippen molar-refractivity contribution in [2.24, 2.45) is 4.99 Å². The molecular weight excluding hydrogens is 657 g/mol. The molecule has 2 heterocycles. The summed E-state index contributed by atoms with van der Waals surface area (Å²) in [5.41, 5.74) is 3.43. The number of nitro benzene ring substituents is 1. The van der Waals surface area contributed by atoms with Crippen LogP contribution < -0.4 is 34.4 Å². The molecule has 0 saturated carbocycles. The maximum atomic E-state index is 14.2. The van der Waals surface area contributed by atoms with Gasteiger partial charge in [-0.2, -0.15) is 0 Å². The minimum Gasteiger partial charge on any atom is -0.494 e. The minimum atomic E-state index is -0.734. The lowest BCUT2D eigenvalue weighted by Crippen LogP contribution is -2.40. The van der Waals surface area contributed by atoms with Gasteiger partial charge in [-0.3, -0.25) is 24.3 Å². The average molecular weight is 691 g/mol. The summed E-state index contributed by atoms with van der Waals surface area (Å²) >= 11 is 1.24. The van der Waals surface area contributed by atoms with E-state index < -0.39 is 11.0 Å². The summed E-state index contributed by atoms with van der Waals surface area (Å²) in [6.07, 6.45) is 1.77. The number of anilines is 1. The van der Waals surface area contributed by atoms with Gasteiger partial charge < -0.3 is 19.5 Å². The number of para-hydroxylation sites is 1. The van der Waals surface area contributed by atoms with Crippen molar-refractivity contribution < 1.29 is 23.9 Å². The largest absolute Gasteiger partial charge is 0.494 e. The number of nitrogens with one attached hydrogen (secondary N) is 1. The molecule has 0 fully saturated rings. The highest BCUT2D eigenvalue weighted by Gasteiger charge is 2.32. The van der Waals surface area contributed by atoms with Gasteiger partial charge in [0, 0.05) is 17.8 Å². The smallest absolute Gasteiger partial charge is 0.271 e. The van der Waals surface area contributed by atoms with Crippen molar-refractivity contribution in [3.8, 4) is 17.2 Å². The zero-order valence-electron chi connectivity index (χ0n) is 27.6. The molecule has 1 N–H and O–H groups in total. The number of nitro groups is 1. The summed E-state index contributed by atoms with van der Waals surface area (Å²) in [4.78, 5) is 43.8. The number of hydrogen-bond acceptors (Lipinski definition) is 9. The monoisotopic (exact) mass is 690 g/mol. The maximum Gasteiger partial charge on any atom is 0.271 e. The second kappa shape index (κ2) is 15.0. The minimum absolute atomic E-state index is 0.00558. The fraction of sp³-hybridized carbons (Fsp3) is 0.184. The Morgan fingerprint density at radius 2 is 1.66 bits per heavy atom. The van der Waals surface area contributed by atoms with E-state index >= 15 is 0 Å². The quantitative estimate of drug-likeness (QED) is 0.122. The number of hydrogen-bond donors (Lipinski definition) is 1. The van der Waals surface area contributed by atoms with E-state index in [4.69, 9.17) is 19.2 Å². The van der Waals surface area contributed by atoms with Gasteiger partial charge in [0.25, 0.3) is 17.2 Å². The number of fused-ring (bicyclic) bond motifs is 1. The van der Waals surface area contributed by atoms with E-state index in [1.807, 2.05) is 62.4 Å². The number of aromatic nitrogens is 1. The molecule has 0 spiro atoms. The summed E-state index contributed by atoms with van der Waals surface area (Å²) in [5.74, 6) is 1.31. The summed E-state index contributed by atoms with van der Waals surface area (Å²) in [6, 6.07) is 27.3. The van der Waals surface area contributed by atoms with Gasteiger partial charge in [-0.05, 0) is 92.1 Å². The van der Waals surface area contributed by atoms with Crippen molar-refractivity contribution in [1.82, 2.24) is 4.57 Å². The number of non-ortho nitro benzene ring substituents is 1. The molecule has 0 saturated heterocycles. The Morgan fingerprint density at radius 1 is 0.940 bits per heavy atom. The number of carbonyl (C=O) groups excluding carboxylic acids is 1. The van der Waals surface area contributed by atoms with Crippen molar-refractivity contribution in [2.45, 2.75) is 33.4 Å². The summed E-state index contributed by atoms with van der Waals surface area (Å²) in [5, 5.41) is 14.0. The van der Waals surface area contributed by atoms with Crippen LogP contribution in [0.5, 0.6) is 17.2 Å². The lowest BCUT2D eigenvalue weighted by atomic mass is 9.95. The molecule has 1 aromatic heterocycles. The van der Waals surface area contributed by atoms with Gasteiger partial charge in [-0.25, -0.2) is 4.99 Å². The molecule has 0 aliphatic carbocycles. The standard InChI is InChI=1S/C38H34N4O7S/c1-4-47-30-18-14-27(15-19-30)35-34(36(43)40-28-9-7-6-8-10-28)24(3)39-38-41(35)37(44)33(50-38)22-26-13-20-31(32(21-26)48-5-2)49-23-25-11-16-29(17-12-25)42(45)46/h6-22,35H,4-5,23H2,1-3H3,(H,40,43)/b33-22-/t35-/m1/s1. The Labute approximate surface area is 291 Å². The predicted molar refractivity (Wildman–Crippen MR) is 191 cm³/mol. The van der Waals surface area contributed by atoms with E-state index in [0.29, 0.717) is 62.3 Å². The number of carbonyl (C=O) groups is 1. The first-order valence-corrected chi connectivity index (χ1v) is 16.8. The van der Waals surface area contributed by atoms with Crippen LogP contribution in [0.2, 0.25) is 0 Å². The molecule has 4 aromatic carbocycles. The Morgan fingerprint density at radius 3 is 2.34 bits per heavy atom. The number of ether oxygens (including phenoxy) is 3. The first-order chi connectivity index (χ1) is 24.2. The number of nitrogens with zero attached hydrogens (tertiary/aromatic N) is 3. The average Bonchev–Trinajstić information content (AvgIpc) is 3.42. The van der Waals surface area contributed by atoms with Gasteiger partial charge in [0.15, 0.2) is 16.3 Å². The molecule has 254 valence electrons. The Balaban J connectivity index is 1.36. The molecular formula is C38H34N4O7S. The van der Waals surface area contributed by atoms with Crippen LogP contribution in [0.3, 0.4) is 0 Å². The molecule has 11 nitrogen and oxygen atoms in total. The van der Waals surface area contributed by atoms with E-state index in [1.54, 1.807) is 54.0 Å². The van der Waals surface area contributed by atoms with Crippen LogP contribution in [-0.4, -0.2) is 28.6 Å². The molecule has 1 aliphatic heterocycles. The van der Waals surface area contributed by atoms with Crippen LogP contribution in [0, 0.1) is 10.1 Å². The fourth-order valence-corrected chi connectivity index (χ4v) is 6.64. The zero-order valence-corrected chi connectivity index (χ0v) is 28.4. The van der Waals surface area contributed by atoms with Gasteiger partial charge in [0.1, 0.15) is 12.4 Å². The molecule has 1 amide bonds. The number of rotatable bonds is 12. The predicted octanol–water partition coefficient (Wildman–Crippen LogP) is 6.16. The SMILES string of the molecule is CCOc1ccc([C@@H]2C(C(=O)Nc3ccccc3)=C(C)N=c3s/c(=C\c4ccc(OCc5ccc([N+](=O)[O-])cc5)c(OCC)c4)c(=O)n32)cc1. The summed E-state index contributed by atoms with van der Waals surface area (Å²) < 4.78 is 19.5. The Bertz CT molecular complexity index is 2240. The molecule has 1 atom stereocenters. The van der Waals surface area contributed by atoms with Crippen LogP contribution in [-0.2, 0) is 11.4 Å². The fourth-order valence-electron chi connectivity index (χ4n) is 5.59. The second-order valence-electron chi connectivity index (χ2n) is 11.3. The first kappa shape index (κ1) is 33.9. The molecule has 0 radical (unpaired) electrons. The number of allylic oxidation sites excluding steroid dienone is 1. The highest BCUT2D eigenvalue weighted by atomic mass is 32.1. The van der Waals surface area contributed by atoms with Gasteiger partial charge in [-0.15, -0.1) is 0 Å². The maximum absolute atomic E-state index is 14.2. The van der Waals surface area contributed by atoms with Gasteiger partial charge in [-0.1, -0.05) is 47.7 Å². The van der Waals surface area contributed by atoms with E-state index in [2.05, 4.69) is 5.32 Å². The van der Waals surface area contributed by atoms with Crippen LogP contribution >= 0.6 is 11.3 Å². The molecule has 1 aliphatic rings. The van der Waals surface area contributed by atoms with Crippen LogP contribution in [0.15, 0.2) is 118 Å². The van der Waals surface area contributed by atoms with Crippen molar-refractivity contribution >= 4 is 34.7 Å². The van der Waals surface area contributed by atoms with Crippen molar-refractivity contribution in [3.63, 3.8) is 0 Å². The molecule has 12 heteroatoms. The first-order valence-electron chi connectivity index (χ1n) is 16.0. The van der Waals surface area contributed by atoms with E-state index in [1.165, 1.54) is 23.5 Å². The number of thiazole rings is 1. The van der Waals surface area contributed by atoms with Crippen molar-refractivity contribution in [2.75, 3.05) is 18.5 Å². The number of benzene rings is 4. The van der Waals surface area contributed by atoms with Gasteiger partial charge in [0.05, 0.1) is 40.0 Å². The van der Waals surface area contributed by atoms with E-state index in [0.717, 1.165) is 11.1 Å². The van der Waals surface area contributed by atoms with Crippen LogP contribution in [0.25, 0.3) is 6.08 Å². The lowest BCUT2D eigenvalue weighted by molar-refractivity contribution is -0.384. The normalized spacial score (nSPS) is 14.1. The Kier molecular flexibility index (Phi) is 10.2. The third kappa shape index (κ3) is 7.35. The molecule has 50 heavy (non-hydrogen) atoms. The third-order valence-corrected chi connectivity index (χ3v) is 8.89. The van der Waals surface area contributed by atoms with Crippen molar-refractivity contribution in [3.05, 3.63) is 155 Å². The molecule has 0 unspecified atom stereocenters. The highest BCUT2D eigenvalue weighted by molar-refractivity contribution is 7.07. The lowest BCUT2D eigenvalue weighted by Gasteiger charge is -2.25. The van der Waals surface area contributed by atoms with Crippen molar-refractivity contribution in [1.29, 1.82) is 0 Å². The second-order valence-corrected chi connectivity index (χ2v) is 12.3. The molecule has 6 rings (SSSR count). The molecule has 0 bridgehead atoms. The number of amides is 1.